The van der Waals surface area contributed by atoms with Gasteiger partial charge < -0.3 is 11.1 Å². The van der Waals surface area contributed by atoms with E-state index in [1.807, 2.05) is 0 Å². The first-order valence-corrected chi connectivity index (χ1v) is 6.58. The smallest absolute Gasteiger partial charge is 0.0406 e. The lowest BCUT2D eigenvalue weighted by Gasteiger charge is -2.22. The van der Waals surface area contributed by atoms with Crippen molar-refractivity contribution in [1.29, 1.82) is 0 Å². The molecule has 0 aliphatic heterocycles. The summed E-state index contributed by atoms with van der Waals surface area (Å²) >= 11 is 0. The Balaban J connectivity index is 2.61. The second kappa shape index (κ2) is 6.65. The van der Waals surface area contributed by atoms with Gasteiger partial charge in [-0.25, -0.2) is 0 Å². The fraction of sp³-hybridized carbons (Fsp3) is 0.600. The molecule has 3 N–H and O–H groups in total. The molecular weight excluding hydrogens is 208 g/mol. The predicted molar refractivity (Wildman–Crippen MR) is 76.3 cm³/mol. The highest BCUT2D eigenvalue weighted by Gasteiger charge is 2.10. The zero-order valence-electron chi connectivity index (χ0n) is 11.5. The molecule has 0 aromatic heterocycles. The van der Waals surface area contributed by atoms with Crippen molar-refractivity contribution in [3.8, 4) is 0 Å². The lowest BCUT2D eigenvalue weighted by Crippen LogP contribution is -2.33. The average molecular weight is 234 g/mol. The Morgan fingerprint density at radius 2 is 1.65 bits per heavy atom. The van der Waals surface area contributed by atoms with Gasteiger partial charge in [-0.05, 0) is 36.0 Å². The van der Waals surface area contributed by atoms with Crippen LogP contribution in [0.3, 0.4) is 0 Å². The largest absolute Gasteiger partial charge is 0.381 e. The summed E-state index contributed by atoms with van der Waals surface area (Å²) in [6.07, 6.45) is 1.14. The molecule has 0 bridgehead atoms. The molecule has 0 amide bonds. The highest BCUT2D eigenvalue weighted by molar-refractivity contribution is 5.45. The summed E-state index contributed by atoms with van der Waals surface area (Å²) < 4.78 is 0. The Labute approximate surface area is 106 Å². The zero-order valence-corrected chi connectivity index (χ0v) is 11.5. The van der Waals surface area contributed by atoms with Crippen LogP contribution >= 0.6 is 0 Å². The second-order valence-electron chi connectivity index (χ2n) is 5.53. The van der Waals surface area contributed by atoms with E-state index in [-0.39, 0.29) is 0 Å². The number of nitrogens with one attached hydrogen (secondary N) is 1. The third-order valence-corrected chi connectivity index (χ3v) is 3.01. The maximum atomic E-state index is 5.75. The van der Waals surface area contributed by atoms with Crippen molar-refractivity contribution >= 4 is 5.69 Å². The zero-order chi connectivity index (χ0) is 12.8. The molecule has 1 aromatic carbocycles. The monoisotopic (exact) mass is 234 g/mol. The van der Waals surface area contributed by atoms with E-state index in [1.165, 1.54) is 11.3 Å². The number of benzene rings is 1. The molecule has 0 aliphatic carbocycles. The molecule has 1 aromatic rings. The van der Waals surface area contributed by atoms with E-state index in [1.54, 1.807) is 0 Å². The highest BCUT2D eigenvalue weighted by atomic mass is 14.9. The van der Waals surface area contributed by atoms with Crippen LogP contribution in [-0.2, 0) is 6.42 Å². The van der Waals surface area contributed by atoms with Crippen molar-refractivity contribution in [1.82, 2.24) is 0 Å². The summed E-state index contributed by atoms with van der Waals surface area (Å²) in [5, 5.41) is 3.48. The van der Waals surface area contributed by atoms with Crippen molar-refractivity contribution in [3.63, 3.8) is 0 Å². The van der Waals surface area contributed by atoms with Crippen LogP contribution in [0, 0.1) is 11.8 Å². The fourth-order valence-electron chi connectivity index (χ4n) is 1.92. The number of rotatable bonds is 6. The molecule has 96 valence electrons. The minimum Gasteiger partial charge on any atom is -0.381 e. The lowest BCUT2D eigenvalue weighted by molar-refractivity contribution is 0.531. The molecule has 0 aliphatic rings. The first-order chi connectivity index (χ1) is 8.02. The quantitative estimate of drug-likeness (QED) is 0.792. The Kier molecular flexibility index (Phi) is 5.49. The van der Waals surface area contributed by atoms with Gasteiger partial charge in [0.2, 0.25) is 0 Å². The molecule has 0 saturated heterocycles. The third kappa shape index (κ3) is 4.78. The Morgan fingerprint density at radius 3 is 2.06 bits per heavy atom. The van der Waals surface area contributed by atoms with Gasteiger partial charge in [0.05, 0.1) is 0 Å². The van der Waals surface area contributed by atoms with Crippen LogP contribution in [0.4, 0.5) is 5.69 Å². The van der Waals surface area contributed by atoms with Crippen molar-refractivity contribution in [2.24, 2.45) is 17.6 Å². The van der Waals surface area contributed by atoms with Gasteiger partial charge >= 0.3 is 0 Å². The Morgan fingerprint density at radius 1 is 1.06 bits per heavy atom. The fourth-order valence-corrected chi connectivity index (χ4v) is 1.92. The van der Waals surface area contributed by atoms with Gasteiger partial charge in [0.1, 0.15) is 0 Å². The van der Waals surface area contributed by atoms with Gasteiger partial charge in [0.15, 0.2) is 0 Å². The number of anilines is 1. The van der Waals surface area contributed by atoms with Gasteiger partial charge in [0.25, 0.3) is 0 Å². The van der Waals surface area contributed by atoms with Crippen LogP contribution in [0.2, 0.25) is 0 Å². The number of hydrogen-bond donors (Lipinski definition) is 2. The standard InChI is InChI=1S/C15H26N2/c1-11(2)9-13-5-7-14(8-6-13)17-15(10-16)12(3)4/h5-8,11-12,15,17H,9-10,16H2,1-4H3. The number of hydrogen-bond acceptors (Lipinski definition) is 2. The Hall–Kier alpha value is -1.02. The first-order valence-electron chi connectivity index (χ1n) is 6.58. The van der Waals surface area contributed by atoms with Crippen LogP contribution < -0.4 is 11.1 Å². The Bertz CT molecular complexity index is 314. The molecule has 0 radical (unpaired) electrons. The molecule has 0 heterocycles. The summed E-state index contributed by atoms with van der Waals surface area (Å²) in [6.45, 7) is 9.55. The van der Waals surface area contributed by atoms with E-state index in [2.05, 4.69) is 57.3 Å². The molecule has 1 rings (SSSR count). The van der Waals surface area contributed by atoms with Crippen molar-refractivity contribution in [2.45, 2.75) is 40.2 Å². The maximum Gasteiger partial charge on any atom is 0.0406 e. The molecule has 1 unspecified atom stereocenters. The molecule has 0 fully saturated rings. The molecule has 17 heavy (non-hydrogen) atoms. The first kappa shape index (κ1) is 14.0. The van der Waals surface area contributed by atoms with E-state index in [0.717, 1.165) is 6.42 Å². The molecule has 2 nitrogen and oxygen atoms in total. The van der Waals surface area contributed by atoms with Gasteiger partial charge in [-0.15, -0.1) is 0 Å². The minimum absolute atomic E-state index is 0.353. The molecule has 0 saturated carbocycles. The lowest BCUT2D eigenvalue weighted by atomic mass is 10.0. The van der Waals surface area contributed by atoms with Crippen molar-refractivity contribution in [2.75, 3.05) is 11.9 Å². The summed E-state index contributed by atoms with van der Waals surface area (Å²) in [6, 6.07) is 9.07. The van der Waals surface area contributed by atoms with Gasteiger partial charge in [-0.1, -0.05) is 39.8 Å². The van der Waals surface area contributed by atoms with E-state index in [0.29, 0.717) is 24.4 Å². The van der Waals surface area contributed by atoms with Crippen LogP contribution in [0.5, 0.6) is 0 Å². The van der Waals surface area contributed by atoms with Crippen LogP contribution in [0.1, 0.15) is 33.3 Å². The van der Waals surface area contributed by atoms with E-state index >= 15 is 0 Å². The molecule has 0 spiro atoms. The molecule has 2 heteroatoms. The maximum absolute atomic E-state index is 5.75. The van der Waals surface area contributed by atoms with Gasteiger partial charge in [-0.2, -0.15) is 0 Å². The predicted octanol–water partition coefficient (Wildman–Crippen LogP) is 3.28. The third-order valence-electron chi connectivity index (χ3n) is 3.01. The summed E-state index contributed by atoms with van der Waals surface area (Å²) in [4.78, 5) is 0. The van der Waals surface area contributed by atoms with E-state index in [9.17, 15) is 0 Å². The van der Waals surface area contributed by atoms with Gasteiger partial charge in [-0.3, -0.25) is 0 Å². The summed E-state index contributed by atoms with van der Waals surface area (Å²) in [5.74, 6) is 1.26. The summed E-state index contributed by atoms with van der Waals surface area (Å²) in [5.41, 5.74) is 8.33. The van der Waals surface area contributed by atoms with Gasteiger partial charge in [0, 0.05) is 18.3 Å². The van der Waals surface area contributed by atoms with Crippen molar-refractivity contribution in [3.05, 3.63) is 29.8 Å². The van der Waals surface area contributed by atoms with Crippen LogP contribution in [0.25, 0.3) is 0 Å². The normalized spacial score (nSPS) is 13.1. The minimum atomic E-state index is 0.353. The van der Waals surface area contributed by atoms with Crippen molar-refractivity contribution < 1.29 is 0 Å². The highest BCUT2D eigenvalue weighted by Crippen LogP contribution is 2.15. The number of nitrogens with two attached hydrogens (primary N) is 1. The van der Waals surface area contributed by atoms with E-state index in [4.69, 9.17) is 5.73 Å². The average Bonchev–Trinajstić information content (AvgIpc) is 2.26. The van der Waals surface area contributed by atoms with Crippen LogP contribution in [-0.4, -0.2) is 12.6 Å². The topological polar surface area (TPSA) is 38.0 Å². The summed E-state index contributed by atoms with van der Waals surface area (Å²) in [7, 11) is 0. The van der Waals surface area contributed by atoms with Crippen LogP contribution in [0.15, 0.2) is 24.3 Å². The molecular formula is C15H26N2. The SMILES string of the molecule is CC(C)Cc1ccc(NC(CN)C(C)C)cc1. The van der Waals surface area contributed by atoms with E-state index < -0.39 is 0 Å². The molecule has 1 atom stereocenters. The second-order valence-corrected chi connectivity index (χ2v) is 5.53.